The fourth-order valence-electron chi connectivity index (χ4n) is 1.93. The van der Waals surface area contributed by atoms with Gasteiger partial charge in [0.2, 0.25) is 5.91 Å². The molecule has 0 bridgehead atoms. The Bertz CT molecular complexity index is 485. The molecule has 0 aliphatic carbocycles. The number of amides is 1. The molecule has 1 aromatic carbocycles. The summed E-state index contributed by atoms with van der Waals surface area (Å²) >= 11 is 0. The van der Waals surface area contributed by atoms with E-state index in [1.807, 2.05) is 6.92 Å². The topological polar surface area (TPSA) is 53.2 Å². The fraction of sp³-hybridized carbons (Fsp3) is 0.462. The summed E-state index contributed by atoms with van der Waals surface area (Å²) in [6.45, 7) is 4.58. The molecular formula is C13H17F2N3O. The first-order valence-electron chi connectivity index (χ1n) is 6.20. The van der Waals surface area contributed by atoms with E-state index in [1.165, 1.54) is 6.92 Å². The molecule has 19 heavy (non-hydrogen) atoms. The molecule has 3 N–H and O–H groups in total. The summed E-state index contributed by atoms with van der Waals surface area (Å²) in [5, 5.41) is 8.59. The van der Waals surface area contributed by atoms with Crippen LogP contribution in [0.2, 0.25) is 0 Å². The predicted octanol–water partition coefficient (Wildman–Crippen LogP) is 1.16. The number of carbonyl (C=O) groups is 1. The first-order valence-corrected chi connectivity index (χ1v) is 6.20. The van der Waals surface area contributed by atoms with Gasteiger partial charge in [-0.3, -0.25) is 4.79 Å². The zero-order valence-electron chi connectivity index (χ0n) is 10.9. The van der Waals surface area contributed by atoms with Crippen LogP contribution in [-0.2, 0) is 4.79 Å². The van der Waals surface area contributed by atoms with Gasteiger partial charge in [0.15, 0.2) is 0 Å². The maximum atomic E-state index is 13.6. The average molecular weight is 269 g/mol. The smallest absolute Gasteiger partial charge is 0.242 e. The zero-order chi connectivity index (χ0) is 14.0. The first kappa shape index (κ1) is 13.9. The van der Waals surface area contributed by atoms with E-state index in [2.05, 4.69) is 16.0 Å². The van der Waals surface area contributed by atoms with Crippen molar-refractivity contribution in [3.8, 4) is 0 Å². The van der Waals surface area contributed by atoms with Crippen molar-refractivity contribution < 1.29 is 13.6 Å². The van der Waals surface area contributed by atoms with Crippen molar-refractivity contribution in [3.05, 3.63) is 29.3 Å². The quantitative estimate of drug-likeness (QED) is 0.755. The molecule has 0 radical (unpaired) electrons. The summed E-state index contributed by atoms with van der Waals surface area (Å²) in [4.78, 5) is 11.9. The van der Waals surface area contributed by atoms with E-state index in [4.69, 9.17) is 0 Å². The van der Waals surface area contributed by atoms with Gasteiger partial charge in [0.05, 0.1) is 11.7 Å². The number of aryl methyl sites for hydroxylation is 1. The lowest BCUT2D eigenvalue weighted by atomic mass is 10.1. The van der Waals surface area contributed by atoms with E-state index in [-0.39, 0.29) is 23.2 Å². The number of carbonyl (C=O) groups excluding carboxylic acids is 1. The van der Waals surface area contributed by atoms with E-state index in [0.29, 0.717) is 13.1 Å². The van der Waals surface area contributed by atoms with E-state index in [1.54, 1.807) is 0 Å². The molecule has 0 spiro atoms. The third-order valence-electron chi connectivity index (χ3n) is 3.16. The Morgan fingerprint density at radius 2 is 2.00 bits per heavy atom. The van der Waals surface area contributed by atoms with Crippen molar-refractivity contribution in [3.63, 3.8) is 0 Å². The molecule has 0 saturated carbocycles. The van der Waals surface area contributed by atoms with Crippen molar-refractivity contribution in [2.45, 2.75) is 25.9 Å². The van der Waals surface area contributed by atoms with Crippen LogP contribution in [0.4, 0.5) is 14.5 Å². The largest absolute Gasteiger partial charge is 0.322 e. The van der Waals surface area contributed by atoms with Crippen molar-refractivity contribution in [2.24, 2.45) is 0 Å². The molecule has 2 atom stereocenters. The van der Waals surface area contributed by atoms with Gasteiger partial charge in [-0.2, -0.15) is 0 Å². The lowest BCUT2D eigenvalue weighted by Gasteiger charge is -2.28. The number of hydrogen-bond donors (Lipinski definition) is 3. The molecule has 1 fully saturated rings. The Morgan fingerprint density at radius 3 is 2.63 bits per heavy atom. The second-order valence-electron chi connectivity index (χ2n) is 4.84. The average Bonchev–Trinajstić information content (AvgIpc) is 2.36. The molecule has 2 rings (SSSR count). The minimum absolute atomic E-state index is 0.131. The van der Waals surface area contributed by atoms with Gasteiger partial charge in [0.1, 0.15) is 11.6 Å². The lowest BCUT2D eigenvalue weighted by Crippen LogP contribution is -2.57. The maximum absolute atomic E-state index is 13.6. The molecule has 2 unspecified atom stereocenters. The number of anilines is 1. The highest BCUT2D eigenvalue weighted by molar-refractivity contribution is 5.95. The second-order valence-corrected chi connectivity index (χ2v) is 4.84. The Balaban J connectivity index is 2.05. The number of rotatable bonds is 2. The van der Waals surface area contributed by atoms with Crippen molar-refractivity contribution in [1.29, 1.82) is 0 Å². The van der Waals surface area contributed by atoms with Crippen LogP contribution in [0.3, 0.4) is 0 Å². The van der Waals surface area contributed by atoms with E-state index in [0.717, 1.165) is 12.1 Å². The standard InChI is InChI=1S/C13H17F2N3O/c1-7-3-10(15)11(4-9(7)14)18-13(19)12-6-16-8(2)5-17-12/h3-4,8,12,16-17H,5-6H2,1-2H3,(H,18,19). The Kier molecular flexibility index (Phi) is 4.11. The number of hydrogen-bond acceptors (Lipinski definition) is 3. The van der Waals surface area contributed by atoms with Crippen molar-refractivity contribution >= 4 is 11.6 Å². The maximum Gasteiger partial charge on any atom is 0.242 e. The normalized spacial score (nSPS) is 23.2. The number of halogens is 2. The Labute approximate surface area is 110 Å². The van der Waals surface area contributed by atoms with E-state index < -0.39 is 17.7 Å². The SMILES string of the molecule is Cc1cc(F)c(NC(=O)C2CNC(C)CN2)cc1F. The third-order valence-corrected chi connectivity index (χ3v) is 3.16. The van der Waals surface area contributed by atoms with Crippen LogP contribution in [0, 0.1) is 18.6 Å². The lowest BCUT2D eigenvalue weighted by molar-refractivity contribution is -0.118. The highest BCUT2D eigenvalue weighted by Gasteiger charge is 2.24. The number of benzene rings is 1. The van der Waals surface area contributed by atoms with Crippen LogP contribution < -0.4 is 16.0 Å². The molecular weight excluding hydrogens is 252 g/mol. The second kappa shape index (κ2) is 5.63. The van der Waals surface area contributed by atoms with Gasteiger partial charge < -0.3 is 16.0 Å². The van der Waals surface area contributed by atoms with Crippen LogP contribution >= 0.6 is 0 Å². The molecule has 4 nitrogen and oxygen atoms in total. The van der Waals surface area contributed by atoms with Gasteiger partial charge in [0, 0.05) is 25.2 Å². The van der Waals surface area contributed by atoms with Gasteiger partial charge in [-0.05, 0) is 25.5 Å². The van der Waals surface area contributed by atoms with Gasteiger partial charge in [-0.15, -0.1) is 0 Å². The molecule has 1 amide bonds. The van der Waals surface area contributed by atoms with E-state index >= 15 is 0 Å². The van der Waals surface area contributed by atoms with Gasteiger partial charge in [0.25, 0.3) is 0 Å². The van der Waals surface area contributed by atoms with Crippen LogP contribution in [0.25, 0.3) is 0 Å². The predicted molar refractivity (Wildman–Crippen MR) is 69.0 cm³/mol. The zero-order valence-corrected chi connectivity index (χ0v) is 10.9. The highest BCUT2D eigenvalue weighted by Crippen LogP contribution is 2.19. The summed E-state index contributed by atoms with van der Waals surface area (Å²) in [6, 6.07) is 1.92. The minimum Gasteiger partial charge on any atom is -0.322 e. The fourth-order valence-corrected chi connectivity index (χ4v) is 1.93. The molecule has 6 heteroatoms. The molecule has 1 heterocycles. The van der Waals surface area contributed by atoms with Crippen molar-refractivity contribution in [1.82, 2.24) is 10.6 Å². The minimum atomic E-state index is -0.635. The summed E-state index contributed by atoms with van der Waals surface area (Å²) in [5.74, 6) is -1.55. The summed E-state index contributed by atoms with van der Waals surface area (Å²) in [5.41, 5.74) is 0.0790. The summed E-state index contributed by atoms with van der Waals surface area (Å²) in [6.07, 6.45) is 0. The molecule has 1 saturated heterocycles. The third kappa shape index (κ3) is 3.27. The molecule has 1 aliphatic rings. The Morgan fingerprint density at radius 1 is 1.26 bits per heavy atom. The van der Waals surface area contributed by atoms with Gasteiger partial charge >= 0.3 is 0 Å². The molecule has 1 aromatic rings. The van der Waals surface area contributed by atoms with Gasteiger partial charge in [-0.1, -0.05) is 0 Å². The monoisotopic (exact) mass is 269 g/mol. The summed E-state index contributed by atoms with van der Waals surface area (Å²) in [7, 11) is 0. The molecule has 0 aromatic heterocycles. The van der Waals surface area contributed by atoms with E-state index in [9.17, 15) is 13.6 Å². The van der Waals surface area contributed by atoms with Crippen molar-refractivity contribution in [2.75, 3.05) is 18.4 Å². The number of nitrogens with one attached hydrogen (secondary N) is 3. The van der Waals surface area contributed by atoms with Crippen LogP contribution in [0.15, 0.2) is 12.1 Å². The molecule has 104 valence electrons. The molecule has 1 aliphatic heterocycles. The number of piperazine rings is 1. The summed E-state index contributed by atoms with van der Waals surface area (Å²) < 4.78 is 27.0. The van der Waals surface area contributed by atoms with Crippen LogP contribution in [0.5, 0.6) is 0 Å². The first-order chi connectivity index (χ1) is 8.97. The highest BCUT2D eigenvalue weighted by atomic mass is 19.1. The van der Waals surface area contributed by atoms with Crippen LogP contribution in [-0.4, -0.2) is 31.1 Å². The Hall–Kier alpha value is -1.53. The van der Waals surface area contributed by atoms with Crippen LogP contribution in [0.1, 0.15) is 12.5 Å². The van der Waals surface area contributed by atoms with Gasteiger partial charge in [-0.25, -0.2) is 8.78 Å².